The van der Waals surface area contributed by atoms with Crippen LogP contribution in [0, 0.1) is 0 Å². The molecule has 0 unspecified atom stereocenters. The third-order valence-corrected chi connectivity index (χ3v) is 6.04. The first-order valence-electron chi connectivity index (χ1n) is 9.06. The van der Waals surface area contributed by atoms with Crippen LogP contribution in [0.2, 0.25) is 25.7 Å². The summed E-state index contributed by atoms with van der Waals surface area (Å²) in [5, 5.41) is 10.5. The van der Waals surface area contributed by atoms with Crippen LogP contribution >= 0.6 is 0 Å². The molecule has 0 aliphatic carbocycles. The summed E-state index contributed by atoms with van der Waals surface area (Å²) in [5.74, 6) is -0.000327. The first-order chi connectivity index (χ1) is 12.8. The van der Waals surface area contributed by atoms with E-state index in [1.807, 2.05) is 0 Å². The molecule has 10 heteroatoms. The number of carbonyl (C=O) groups is 1. The minimum Gasteiger partial charge on any atom is -0.364 e. The zero-order valence-electron chi connectivity index (χ0n) is 16.0. The Morgan fingerprint density at radius 3 is 2.81 bits per heavy atom. The molecule has 0 radical (unpaired) electrons. The molecule has 9 nitrogen and oxygen atoms in total. The molecule has 2 aromatic heterocycles. The lowest BCUT2D eigenvalue weighted by molar-refractivity contribution is 0.0786. The van der Waals surface area contributed by atoms with Crippen molar-refractivity contribution in [2.75, 3.05) is 25.0 Å². The first-order valence-corrected chi connectivity index (χ1v) is 12.8. The van der Waals surface area contributed by atoms with Crippen LogP contribution in [0.4, 0.5) is 11.5 Å². The van der Waals surface area contributed by atoms with Gasteiger partial charge in [0.05, 0.1) is 30.0 Å². The molecule has 1 fully saturated rings. The van der Waals surface area contributed by atoms with Crippen molar-refractivity contribution in [2.24, 2.45) is 5.73 Å². The van der Waals surface area contributed by atoms with Gasteiger partial charge in [0.2, 0.25) is 0 Å². The molecule has 146 valence electrons. The first kappa shape index (κ1) is 19.5. The number of aromatic nitrogens is 4. The van der Waals surface area contributed by atoms with Gasteiger partial charge in [-0.1, -0.05) is 19.6 Å². The number of nitrogens with two attached hydrogens (primary N) is 1. The predicted octanol–water partition coefficient (Wildman–Crippen LogP) is 1.51. The van der Waals surface area contributed by atoms with E-state index in [0.717, 1.165) is 31.4 Å². The van der Waals surface area contributed by atoms with E-state index in [-0.39, 0.29) is 11.6 Å². The van der Waals surface area contributed by atoms with Crippen molar-refractivity contribution in [2.45, 2.75) is 38.3 Å². The van der Waals surface area contributed by atoms with Gasteiger partial charge in [-0.25, -0.2) is 14.6 Å². The van der Waals surface area contributed by atoms with E-state index in [9.17, 15) is 4.79 Å². The van der Waals surface area contributed by atoms with Gasteiger partial charge >= 0.3 is 0 Å². The molecule has 3 heterocycles. The predicted molar refractivity (Wildman–Crippen MR) is 106 cm³/mol. The molecule has 1 aliphatic heterocycles. The summed E-state index contributed by atoms with van der Waals surface area (Å²) in [4.78, 5) is 20.5. The van der Waals surface area contributed by atoms with Crippen molar-refractivity contribution in [3.63, 3.8) is 0 Å². The van der Waals surface area contributed by atoms with Crippen LogP contribution in [0.5, 0.6) is 0 Å². The number of ether oxygens (including phenoxy) is 1. The van der Waals surface area contributed by atoms with E-state index in [1.165, 1.54) is 0 Å². The van der Waals surface area contributed by atoms with Crippen LogP contribution < -0.4 is 16.4 Å². The number of amides is 1. The second-order valence-electron chi connectivity index (χ2n) is 7.95. The average Bonchev–Trinajstić information content (AvgIpc) is 2.98. The quantitative estimate of drug-likeness (QED) is 0.439. The Morgan fingerprint density at radius 2 is 2.19 bits per heavy atom. The Hall–Kier alpha value is -2.30. The monoisotopic (exact) mass is 389 g/mol. The van der Waals surface area contributed by atoms with E-state index in [4.69, 9.17) is 10.5 Å². The SMILES string of the molecule is C[Si](C)(C)CCOCn1cc(Nc2ncc(C3CNC3)nc2C(N)=O)cn1. The van der Waals surface area contributed by atoms with Crippen molar-refractivity contribution in [3.05, 3.63) is 30.0 Å². The van der Waals surface area contributed by atoms with Crippen molar-refractivity contribution in [3.8, 4) is 0 Å². The molecule has 0 bridgehead atoms. The minimum absolute atomic E-state index is 0.138. The lowest BCUT2D eigenvalue weighted by Gasteiger charge is -2.26. The molecule has 1 saturated heterocycles. The molecule has 1 amide bonds. The second-order valence-corrected chi connectivity index (χ2v) is 13.6. The molecular formula is C17H27N7O2Si. The van der Waals surface area contributed by atoms with Crippen molar-refractivity contribution < 1.29 is 9.53 Å². The largest absolute Gasteiger partial charge is 0.364 e. The van der Waals surface area contributed by atoms with E-state index in [2.05, 4.69) is 45.3 Å². The van der Waals surface area contributed by atoms with Gasteiger partial charge in [0.25, 0.3) is 5.91 Å². The Morgan fingerprint density at radius 1 is 1.41 bits per heavy atom. The number of rotatable bonds is 9. The highest BCUT2D eigenvalue weighted by Crippen LogP contribution is 2.22. The molecule has 27 heavy (non-hydrogen) atoms. The topological polar surface area (TPSA) is 120 Å². The molecular weight excluding hydrogens is 362 g/mol. The van der Waals surface area contributed by atoms with Crippen molar-refractivity contribution in [1.29, 1.82) is 0 Å². The summed E-state index contributed by atoms with van der Waals surface area (Å²) < 4.78 is 7.37. The van der Waals surface area contributed by atoms with Gasteiger partial charge in [0, 0.05) is 33.7 Å². The molecule has 3 rings (SSSR count). The maximum absolute atomic E-state index is 11.8. The van der Waals surface area contributed by atoms with Crippen LogP contribution in [-0.4, -0.2) is 53.4 Å². The Labute approximate surface area is 159 Å². The highest BCUT2D eigenvalue weighted by molar-refractivity contribution is 6.76. The summed E-state index contributed by atoms with van der Waals surface area (Å²) in [7, 11) is -1.10. The van der Waals surface area contributed by atoms with E-state index >= 15 is 0 Å². The van der Waals surface area contributed by atoms with Gasteiger partial charge in [-0.3, -0.25) is 4.79 Å². The van der Waals surface area contributed by atoms with Gasteiger partial charge in [-0.05, 0) is 6.04 Å². The molecule has 4 N–H and O–H groups in total. The van der Waals surface area contributed by atoms with Crippen molar-refractivity contribution >= 4 is 25.5 Å². The Kier molecular flexibility index (Phi) is 5.88. The van der Waals surface area contributed by atoms with Crippen LogP contribution in [0.25, 0.3) is 0 Å². The Balaban J connectivity index is 1.61. The molecule has 0 saturated carbocycles. The fourth-order valence-corrected chi connectivity index (χ4v) is 3.29. The maximum Gasteiger partial charge on any atom is 0.271 e. The molecule has 0 spiro atoms. The number of hydrogen-bond acceptors (Lipinski definition) is 7. The summed E-state index contributed by atoms with van der Waals surface area (Å²) in [6.07, 6.45) is 5.13. The van der Waals surface area contributed by atoms with E-state index < -0.39 is 14.0 Å². The average molecular weight is 390 g/mol. The van der Waals surface area contributed by atoms with Gasteiger partial charge in [0.1, 0.15) is 6.73 Å². The summed E-state index contributed by atoms with van der Waals surface area (Å²) in [6, 6.07) is 1.11. The number of carbonyl (C=O) groups excluding carboxylic acids is 1. The zero-order valence-corrected chi connectivity index (χ0v) is 17.0. The lowest BCUT2D eigenvalue weighted by atomic mass is 10.00. The van der Waals surface area contributed by atoms with Gasteiger partial charge in [-0.15, -0.1) is 0 Å². The van der Waals surface area contributed by atoms with Crippen molar-refractivity contribution in [1.82, 2.24) is 25.1 Å². The number of primary amides is 1. The highest BCUT2D eigenvalue weighted by atomic mass is 28.3. The fraction of sp³-hybridized carbons (Fsp3) is 0.529. The minimum atomic E-state index is -1.10. The standard InChI is InChI=1S/C17H27N7O2Si/c1-27(2,3)5-4-26-11-24-10-13(8-21-24)22-17-15(16(18)25)23-14(9-20-17)12-6-19-7-12/h8-10,12,19H,4-7,11H2,1-3H3,(H2,18,25)(H,20,22). The normalized spacial score (nSPS) is 14.8. The number of nitrogens with zero attached hydrogens (tertiary/aromatic N) is 4. The van der Waals surface area contributed by atoms with Crippen LogP contribution in [-0.2, 0) is 11.5 Å². The highest BCUT2D eigenvalue weighted by Gasteiger charge is 2.23. The van der Waals surface area contributed by atoms with Gasteiger partial charge < -0.3 is 21.1 Å². The number of hydrogen-bond donors (Lipinski definition) is 3. The molecule has 1 aliphatic rings. The third-order valence-electron chi connectivity index (χ3n) is 4.34. The third kappa shape index (κ3) is 5.34. The summed E-state index contributed by atoms with van der Waals surface area (Å²) in [5.41, 5.74) is 7.09. The van der Waals surface area contributed by atoms with Gasteiger partial charge in [0.15, 0.2) is 11.5 Å². The lowest BCUT2D eigenvalue weighted by Crippen LogP contribution is -2.40. The smallest absolute Gasteiger partial charge is 0.271 e. The fourth-order valence-electron chi connectivity index (χ4n) is 2.53. The maximum atomic E-state index is 11.8. The molecule has 2 aromatic rings. The van der Waals surface area contributed by atoms with Crippen LogP contribution in [0.3, 0.4) is 0 Å². The summed E-state index contributed by atoms with van der Waals surface area (Å²) in [6.45, 7) is 9.73. The summed E-state index contributed by atoms with van der Waals surface area (Å²) >= 11 is 0. The van der Waals surface area contributed by atoms with Crippen LogP contribution in [0.1, 0.15) is 22.1 Å². The second kappa shape index (κ2) is 8.15. The molecule has 0 atom stereocenters. The number of anilines is 2. The number of nitrogens with one attached hydrogen (secondary N) is 2. The zero-order chi connectivity index (χ0) is 19.4. The van der Waals surface area contributed by atoms with E-state index in [0.29, 0.717) is 18.2 Å². The van der Waals surface area contributed by atoms with Gasteiger partial charge in [-0.2, -0.15) is 5.10 Å². The van der Waals surface area contributed by atoms with E-state index in [1.54, 1.807) is 23.3 Å². The molecule has 0 aromatic carbocycles. The Bertz CT molecular complexity index is 799. The van der Waals surface area contributed by atoms with Crippen LogP contribution in [0.15, 0.2) is 18.6 Å².